The van der Waals surface area contributed by atoms with Crippen LogP contribution in [0.4, 0.5) is 4.79 Å². The van der Waals surface area contributed by atoms with Gasteiger partial charge >= 0.3 is 6.09 Å². The Hall–Kier alpha value is -3.34. The summed E-state index contributed by atoms with van der Waals surface area (Å²) in [6, 6.07) is 14.3. The maximum atomic E-state index is 13.0. The number of likely N-dealkylation sites (tertiary alicyclic amines) is 1. The summed E-state index contributed by atoms with van der Waals surface area (Å²) >= 11 is 0. The maximum absolute atomic E-state index is 13.0. The molecule has 2 heterocycles. The van der Waals surface area contributed by atoms with Crippen molar-refractivity contribution in [2.75, 3.05) is 20.3 Å². The third-order valence-electron chi connectivity index (χ3n) is 7.76. The average molecular weight is 530 g/mol. The number of carbonyl (C=O) groups is 1. The summed E-state index contributed by atoms with van der Waals surface area (Å²) in [5.41, 5.74) is 4.11. The molecule has 1 saturated carbocycles. The number of benzene rings is 2. The molecule has 1 saturated heterocycles. The minimum atomic E-state index is -0.586. The van der Waals surface area contributed by atoms with Crippen molar-refractivity contribution in [2.45, 2.75) is 77.7 Å². The van der Waals surface area contributed by atoms with Gasteiger partial charge in [-0.1, -0.05) is 12.1 Å². The highest BCUT2D eigenvalue weighted by Gasteiger charge is 2.33. The van der Waals surface area contributed by atoms with Crippen LogP contribution in [0.15, 0.2) is 42.6 Å². The number of nitrogens with zero attached hydrogens (tertiary/aromatic N) is 3. The van der Waals surface area contributed by atoms with Gasteiger partial charge in [0.1, 0.15) is 11.4 Å². The van der Waals surface area contributed by atoms with E-state index in [1.54, 1.807) is 17.9 Å². The zero-order chi connectivity index (χ0) is 27.7. The highest BCUT2D eigenvalue weighted by molar-refractivity contribution is 5.95. The van der Waals surface area contributed by atoms with Crippen LogP contribution in [-0.2, 0) is 16.0 Å². The van der Waals surface area contributed by atoms with E-state index < -0.39 is 5.60 Å². The zero-order valence-electron chi connectivity index (χ0n) is 23.7. The Labute approximate surface area is 231 Å². The molecule has 2 aliphatic rings. The fourth-order valence-electron chi connectivity index (χ4n) is 5.58. The van der Waals surface area contributed by atoms with Crippen LogP contribution in [0.5, 0.6) is 5.75 Å². The number of fused-ring (bicyclic) bond motifs is 1. The normalized spacial score (nSPS) is 20.1. The number of ether oxygens (including phenoxy) is 3. The number of rotatable bonds is 7. The van der Waals surface area contributed by atoms with Crippen molar-refractivity contribution in [1.29, 1.82) is 5.26 Å². The first kappa shape index (κ1) is 27.2. The molecule has 1 aliphatic carbocycles. The van der Waals surface area contributed by atoms with Gasteiger partial charge in [-0.2, -0.15) is 5.26 Å². The van der Waals surface area contributed by atoms with Crippen LogP contribution < -0.4 is 4.74 Å². The van der Waals surface area contributed by atoms with Crippen LogP contribution in [0, 0.1) is 24.2 Å². The zero-order valence-corrected chi connectivity index (χ0v) is 23.7. The van der Waals surface area contributed by atoms with Gasteiger partial charge in [-0.05, 0) is 94.7 Å². The fraction of sp³-hybridized carbons (Fsp3) is 0.500. The molecular formula is C32H39N3O4. The molecule has 39 heavy (non-hydrogen) atoms. The lowest BCUT2D eigenvalue weighted by atomic mass is 9.91. The Morgan fingerprint density at radius 3 is 2.51 bits per heavy atom. The van der Waals surface area contributed by atoms with E-state index in [0.717, 1.165) is 59.7 Å². The summed E-state index contributed by atoms with van der Waals surface area (Å²) in [6.45, 7) is 10.0. The average Bonchev–Trinajstić information content (AvgIpc) is 3.63. The third kappa shape index (κ3) is 6.13. The highest BCUT2D eigenvalue weighted by Crippen LogP contribution is 2.39. The summed E-state index contributed by atoms with van der Waals surface area (Å²) in [5, 5.41) is 10.3. The standard InChI is InChI=1S/C32H39N3O4/c1-21-16-29(37-5)27(26-13-15-35(30(21)26)31(36)39-32(2,3)4)19-34-14-12-25(38-20-23-6-7-23)17-28(34)24-10-8-22(18-33)9-11-24/h8-11,13,15-16,23,25,28H,6-7,12,14,17,19-20H2,1-5H3/t25-,28-/m0/s1. The quantitative estimate of drug-likeness (QED) is 0.337. The predicted octanol–water partition coefficient (Wildman–Crippen LogP) is 6.75. The molecule has 3 aromatic rings. The molecule has 206 valence electrons. The largest absolute Gasteiger partial charge is 0.496 e. The summed E-state index contributed by atoms with van der Waals surface area (Å²) in [7, 11) is 1.70. The van der Waals surface area contributed by atoms with Crippen LogP contribution in [0.25, 0.3) is 10.9 Å². The van der Waals surface area contributed by atoms with Gasteiger partial charge in [0.15, 0.2) is 0 Å². The molecule has 1 aliphatic heterocycles. The summed E-state index contributed by atoms with van der Waals surface area (Å²) in [5.74, 6) is 1.54. The Morgan fingerprint density at radius 1 is 1.13 bits per heavy atom. The number of piperidine rings is 1. The molecule has 0 radical (unpaired) electrons. The van der Waals surface area contributed by atoms with E-state index in [9.17, 15) is 10.1 Å². The number of nitriles is 1. The molecule has 5 rings (SSSR count). The van der Waals surface area contributed by atoms with Crippen LogP contribution in [0.2, 0.25) is 0 Å². The maximum Gasteiger partial charge on any atom is 0.419 e. The Balaban J connectivity index is 1.48. The van der Waals surface area contributed by atoms with Crippen molar-refractivity contribution in [1.82, 2.24) is 9.47 Å². The smallest absolute Gasteiger partial charge is 0.419 e. The van der Waals surface area contributed by atoms with Crippen LogP contribution >= 0.6 is 0 Å². The number of carbonyl (C=O) groups excluding carboxylic acids is 1. The Kier molecular flexibility index (Phi) is 7.70. The van der Waals surface area contributed by atoms with Crippen molar-refractivity contribution in [3.63, 3.8) is 0 Å². The SMILES string of the molecule is COc1cc(C)c2c(ccn2C(=O)OC(C)(C)C)c1CN1CC[C@H](OCC2CC2)C[C@H]1c1ccc(C#N)cc1. The van der Waals surface area contributed by atoms with E-state index in [-0.39, 0.29) is 18.2 Å². The van der Waals surface area contributed by atoms with Gasteiger partial charge in [0.05, 0.1) is 30.4 Å². The van der Waals surface area contributed by atoms with Crippen LogP contribution in [0.3, 0.4) is 0 Å². The predicted molar refractivity (Wildman–Crippen MR) is 151 cm³/mol. The minimum absolute atomic E-state index is 0.143. The van der Waals surface area contributed by atoms with E-state index in [1.165, 1.54) is 18.4 Å². The van der Waals surface area contributed by atoms with Gasteiger partial charge in [0, 0.05) is 42.9 Å². The topological polar surface area (TPSA) is 76.7 Å². The van der Waals surface area contributed by atoms with Gasteiger partial charge in [0.25, 0.3) is 0 Å². The number of hydrogen-bond acceptors (Lipinski definition) is 6. The van der Waals surface area contributed by atoms with Crippen molar-refractivity contribution in [3.05, 3.63) is 64.8 Å². The monoisotopic (exact) mass is 529 g/mol. The van der Waals surface area contributed by atoms with E-state index >= 15 is 0 Å². The molecule has 2 atom stereocenters. The summed E-state index contributed by atoms with van der Waals surface area (Å²) in [6.07, 6.45) is 6.06. The molecule has 7 nitrogen and oxygen atoms in total. The minimum Gasteiger partial charge on any atom is -0.496 e. The number of methoxy groups -OCH3 is 1. The van der Waals surface area contributed by atoms with E-state index in [0.29, 0.717) is 12.1 Å². The molecule has 2 aromatic carbocycles. The summed E-state index contributed by atoms with van der Waals surface area (Å²) < 4.78 is 19.5. The van der Waals surface area contributed by atoms with Crippen molar-refractivity contribution >= 4 is 17.0 Å². The number of aromatic nitrogens is 1. The lowest BCUT2D eigenvalue weighted by Gasteiger charge is -2.40. The Bertz CT molecular complexity index is 1380. The number of hydrogen-bond donors (Lipinski definition) is 0. The van der Waals surface area contributed by atoms with E-state index in [2.05, 4.69) is 23.1 Å². The van der Waals surface area contributed by atoms with Gasteiger partial charge in [-0.3, -0.25) is 9.47 Å². The third-order valence-corrected chi connectivity index (χ3v) is 7.76. The first-order valence-electron chi connectivity index (χ1n) is 13.9. The lowest BCUT2D eigenvalue weighted by Crippen LogP contribution is -2.39. The first-order chi connectivity index (χ1) is 18.7. The second-order valence-electron chi connectivity index (χ2n) is 11.9. The Morgan fingerprint density at radius 2 is 1.87 bits per heavy atom. The van der Waals surface area contributed by atoms with E-state index in [4.69, 9.17) is 14.2 Å². The first-order valence-corrected chi connectivity index (χ1v) is 13.9. The van der Waals surface area contributed by atoms with E-state index in [1.807, 2.05) is 52.0 Å². The van der Waals surface area contributed by atoms with Crippen LogP contribution in [-0.4, -0.2) is 47.5 Å². The molecule has 7 heteroatoms. The van der Waals surface area contributed by atoms with Crippen LogP contribution in [0.1, 0.15) is 74.8 Å². The van der Waals surface area contributed by atoms with Gasteiger partial charge in [-0.25, -0.2) is 4.79 Å². The molecule has 0 bridgehead atoms. The second kappa shape index (κ2) is 11.0. The molecular weight excluding hydrogens is 490 g/mol. The van der Waals surface area contributed by atoms with Crippen molar-refractivity contribution < 1.29 is 19.0 Å². The molecule has 0 unspecified atom stereocenters. The number of aryl methyl sites for hydroxylation is 1. The molecule has 1 aromatic heterocycles. The second-order valence-corrected chi connectivity index (χ2v) is 11.9. The highest BCUT2D eigenvalue weighted by atomic mass is 16.6. The van der Waals surface area contributed by atoms with Gasteiger partial charge < -0.3 is 14.2 Å². The van der Waals surface area contributed by atoms with Gasteiger partial charge in [-0.15, -0.1) is 0 Å². The molecule has 2 fully saturated rings. The molecule has 0 amide bonds. The lowest BCUT2D eigenvalue weighted by molar-refractivity contribution is -0.0229. The molecule has 0 spiro atoms. The van der Waals surface area contributed by atoms with Gasteiger partial charge in [0.2, 0.25) is 0 Å². The molecule has 0 N–H and O–H groups in total. The fourth-order valence-corrected chi connectivity index (χ4v) is 5.58. The van der Waals surface area contributed by atoms with Crippen molar-refractivity contribution in [2.24, 2.45) is 5.92 Å². The summed E-state index contributed by atoms with van der Waals surface area (Å²) in [4.78, 5) is 15.5. The van der Waals surface area contributed by atoms with Crippen molar-refractivity contribution in [3.8, 4) is 11.8 Å².